The summed E-state index contributed by atoms with van der Waals surface area (Å²) >= 11 is 0. The van der Waals surface area contributed by atoms with Crippen molar-refractivity contribution in [1.82, 2.24) is 15.1 Å². The van der Waals surface area contributed by atoms with Gasteiger partial charge < -0.3 is 9.64 Å². The van der Waals surface area contributed by atoms with Crippen molar-refractivity contribution in [2.75, 3.05) is 20.8 Å². The number of ether oxygens (including phenoxy) is 1. The van der Waals surface area contributed by atoms with Crippen LogP contribution in [0.2, 0.25) is 0 Å². The molecule has 20 heavy (non-hydrogen) atoms. The SMILES string of the molecule is COC[C@H](Cc1ccccc1)N(C)C(=O)c1ccn[nH]1. The minimum atomic E-state index is -0.0829. The topological polar surface area (TPSA) is 58.2 Å². The van der Waals surface area contributed by atoms with E-state index in [2.05, 4.69) is 22.3 Å². The van der Waals surface area contributed by atoms with E-state index in [-0.39, 0.29) is 11.9 Å². The van der Waals surface area contributed by atoms with E-state index in [4.69, 9.17) is 4.74 Å². The third-order valence-corrected chi connectivity index (χ3v) is 3.27. The molecule has 0 bridgehead atoms. The van der Waals surface area contributed by atoms with Crippen molar-refractivity contribution in [2.45, 2.75) is 12.5 Å². The van der Waals surface area contributed by atoms with Crippen LogP contribution in [-0.4, -0.2) is 47.8 Å². The van der Waals surface area contributed by atoms with Gasteiger partial charge in [-0.3, -0.25) is 9.89 Å². The van der Waals surface area contributed by atoms with Crippen LogP contribution in [0.4, 0.5) is 0 Å². The molecule has 106 valence electrons. The van der Waals surface area contributed by atoms with Crippen LogP contribution >= 0.6 is 0 Å². The molecule has 0 fully saturated rings. The first-order valence-electron chi connectivity index (χ1n) is 6.51. The maximum atomic E-state index is 12.3. The molecule has 0 saturated heterocycles. The summed E-state index contributed by atoms with van der Waals surface area (Å²) in [5, 5.41) is 6.51. The molecule has 1 heterocycles. The van der Waals surface area contributed by atoms with Crippen LogP contribution in [0.5, 0.6) is 0 Å². The summed E-state index contributed by atoms with van der Waals surface area (Å²) in [6, 6.07) is 11.7. The molecule has 1 aromatic heterocycles. The summed E-state index contributed by atoms with van der Waals surface area (Å²) in [5.74, 6) is -0.0829. The molecule has 0 unspecified atom stereocenters. The predicted octanol–water partition coefficient (Wildman–Crippen LogP) is 1.74. The number of H-pyrrole nitrogens is 1. The summed E-state index contributed by atoms with van der Waals surface area (Å²) in [4.78, 5) is 14.0. The Labute approximate surface area is 118 Å². The van der Waals surface area contributed by atoms with Gasteiger partial charge in [-0.1, -0.05) is 30.3 Å². The first-order valence-corrected chi connectivity index (χ1v) is 6.51. The Morgan fingerprint density at radius 1 is 1.35 bits per heavy atom. The normalized spacial score (nSPS) is 12.1. The van der Waals surface area contributed by atoms with E-state index in [1.54, 1.807) is 31.3 Å². The van der Waals surface area contributed by atoms with Gasteiger partial charge in [-0.25, -0.2) is 0 Å². The van der Waals surface area contributed by atoms with E-state index in [9.17, 15) is 4.79 Å². The summed E-state index contributed by atoms with van der Waals surface area (Å²) in [5.41, 5.74) is 1.67. The number of carbonyl (C=O) groups is 1. The average Bonchev–Trinajstić information content (AvgIpc) is 3.00. The number of hydrogen-bond donors (Lipinski definition) is 1. The van der Waals surface area contributed by atoms with Crippen molar-refractivity contribution in [3.63, 3.8) is 0 Å². The minimum Gasteiger partial charge on any atom is -0.383 e. The number of methoxy groups -OCH3 is 1. The van der Waals surface area contributed by atoms with Crippen molar-refractivity contribution in [2.24, 2.45) is 0 Å². The quantitative estimate of drug-likeness (QED) is 0.872. The Balaban J connectivity index is 2.09. The van der Waals surface area contributed by atoms with Gasteiger partial charge in [0.05, 0.1) is 12.6 Å². The molecule has 0 aliphatic heterocycles. The van der Waals surface area contributed by atoms with E-state index >= 15 is 0 Å². The fourth-order valence-electron chi connectivity index (χ4n) is 2.12. The minimum absolute atomic E-state index is 0.0156. The fourth-order valence-corrected chi connectivity index (χ4v) is 2.12. The largest absolute Gasteiger partial charge is 0.383 e. The fraction of sp³-hybridized carbons (Fsp3) is 0.333. The average molecular weight is 273 g/mol. The monoisotopic (exact) mass is 273 g/mol. The van der Waals surface area contributed by atoms with Crippen LogP contribution < -0.4 is 0 Å². The van der Waals surface area contributed by atoms with Crippen LogP contribution in [0.25, 0.3) is 0 Å². The first kappa shape index (κ1) is 14.3. The van der Waals surface area contributed by atoms with Gasteiger partial charge in [-0.15, -0.1) is 0 Å². The predicted molar refractivity (Wildman–Crippen MR) is 76.5 cm³/mol. The smallest absolute Gasteiger partial charge is 0.271 e. The number of hydrogen-bond acceptors (Lipinski definition) is 3. The highest BCUT2D eigenvalue weighted by molar-refractivity contribution is 5.92. The van der Waals surface area contributed by atoms with E-state index in [1.165, 1.54) is 5.56 Å². The Hall–Kier alpha value is -2.14. The highest BCUT2D eigenvalue weighted by atomic mass is 16.5. The zero-order valence-corrected chi connectivity index (χ0v) is 11.7. The lowest BCUT2D eigenvalue weighted by Crippen LogP contribution is -2.41. The molecular formula is C15H19N3O2. The number of benzene rings is 1. The van der Waals surface area contributed by atoms with Crippen molar-refractivity contribution >= 4 is 5.91 Å². The number of nitrogens with zero attached hydrogens (tertiary/aromatic N) is 2. The molecule has 0 saturated carbocycles. The van der Waals surface area contributed by atoms with E-state index < -0.39 is 0 Å². The summed E-state index contributed by atoms with van der Waals surface area (Å²) < 4.78 is 5.25. The molecule has 1 N–H and O–H groups in total. The van der Waals surface area contributed by atoms with Gasteiger partial charge in [0.15, 0.2) is 0 Å². The maximum Gasteiger partial charge on any atom is 0.271 e. The molecule has 1 atom stereocenters. The van der Waals surface area contributed by atoms with E-state index in [1.807, 2.05) is 18.2 Å². The molecule has 2 aromatic rings. The molecule has 1 aromatic carbocycles. The molecule has 5 nitrogen and oxygen atoms in total. The van der Waals surface area contributed by atoms with Crippen molar-refractivity contribution in [3.8, 4) is 0 Å². The number of rotatable bonds is 6. The van der Waals surface area contributed by atoms with E-state index in [0.29, 0.717) is 12.3 Å². The molecule has 5 heteroatoms. The summed E-state index contributed by atoms with van der Waals surface area (Å²) in [6.07, 6.45) is 2.33. The van der Waals surface area contributed by atoms with Crippen LogP contribution in [-0.2, 0) is 11.2 Å². The van der Waals surface area contributed by atoms with Crippen LogP contribution in [0.3, 0.4) is 0 Å². The van der Waals surface area contributed by atoms with Crippen molar-refractivity contribution in [3.05, 3.63) is 53.9 Å². The third-order valence-electron chi connectivity index (χ3n) is 3.27. The lowest BCUT2D eigenvalue weighted by molar-refractivity contribution is 0.0599. The van der Waals surface area contributed by atoms with E-state index in [0.717, 1.165) is 6.42 Å². The number of amides is 1. The van der Waals surface area contributed by atoms with Gasteiger partial charge in [-0.2, -0.15) is 5.10 Å². The van der Waals surface area contributed by atoms with Crippen LogP contribution in [0, 0.1) is 0 Å². The highest BCUT2D eigenvalue weighted by Crippen LogP contribution is 2.11. The highest BCUT2D eigenvalue weighted by Gasteiger charge is 2.22. The zero-order valence-electron chi connectivity index (χ0n) is 11.7. The second-order valence-corrected chi connectivity index (χ2v) is 4.69. The number of aromatic amines is 1. The van der Waals surface area contributed by atoms with Crippen LogP contribution in [0.1, 0.15) is 16.1 Å². The molecule has 0 aliphatic carbocycles. The van der Waals surface area contributed by atoms with Gasteiger partial charge in [-0.05, 0) is 18.1 Å². The van der Waals surface area contributed by atoms with Crippen LogP contribution in [0.15, 0.2) is 42.6 Å². The standard InChI is InChI=1S/C15H19N3O2/c1-18(15(19)14-8-9-16-17-14)13(11-20-2)10-12-6-4-3-5-7-12/h3-9,13H,10-11H2,1-2H3,(H,16,17)/t13-/m0/s1. The zero-order chi connectivity index (χ0) is 14.4. The Morgan fingerprint density at radius 2 is 2.10 bits per heavy atom. The first-order chi connectivity index (χ1) is 9.72. The number of nitrogens with one attached hydrogen (secondary N) is 1. The third kappa shape index (κ3) is 3.45. The number of aromatic nitrogens is 2. The van der Waals surface area contributed by atoms with Crippen molar-refractivity contribution in [1.29, 1.82) is 0 Å². The molecule has 0 radical (unpaired) electrons. The Bertz CT molecular complexity index is 525. The molecule has 1 amide bonds. The Kier molecular flexibility index (Phi) is 4.90. The number of carbonyl (C=O) groups excluding carboxylic acids is 1. The molecular weight excluding hydrogens is 254 g/mol. The Morgan fingerprint density at radius 3 is 2.70 bits per heavy atom. The van der Waals surface area contributed by atoms with Crippen molar-refractivity contribution < 1.29 is 9.53 Å². The van der Waals surface area contributed by atoms with Gasteiger partial charge >= 0.3 is 0 Å². The maximum absolute atomic E-state index is 12.3. The van der Waals surface area contributed by atoms with Gasteiger partial charge in [0.25, 0.3) is 5.91 Å². The lowest BCUT2D eigenvalue weighted by Gasteiger charge is -2.27. The second kappa shape index (κ2) is 6.86. The molecule has 2 rings (SSSR count). The van der Waals surface area contributed by atoms with Gasteiger partial charge in [0.2, 0.25) is 0 Å². The second-order valence-electron chi connectivity index (χ2n) is 4.69. The lowest BCUT2D eigenvalue weighted by atomic mass is 10.1. The molecule has 0 aliphatic rings. The number of likely N-dealkylation sites (N-methyl/N-ethyl adjacent to an activating group) is 1. The molecule has 0 spiro atoms. The summed E-state index contributed by atoms with van der Waals surface area (Å²) in [6.45, 7) is 0.491. The van der Waals surface area contributed by atoms with Gasteiger partial charge in [0, 0.05) is 20.4 Å². The summed E-state index contributed by atoms with van der Waals surface area (Å²) in [7, 11) is 3.43. The van der Waals surface area contributed by atoms with Gasteiger partial charge in [0.1, 0.15) is 5.69 Å².